The fourth-order valence-electron chi connectivity index (χ4n) is 0.670. The van der Waals surface area contributed by atoms with Gasteiger partial charge in [-0.2, -0.15) is 0 Å². The predicted octanol–water partition coefficient (Wildman–Crippen LogP) is 2.61. The third kappa shape index (κ3) is 2.62. The number of nitrogen functional groups attached to an aromatic ring is 1. The molecular formula is C10H15N. The summed E-state index contributed by atoms with van der Waals surface area (Å²) in [4.78, 5) is 0. The minimum atomic E-state index is -3.36. The van der Waals surface area contributed by atoms with Crippen LogP contribution in [0, 0.1) is 0 Å². The topological polar surface area (TPSA) is 26.0 Å². The van der Waals surface area contributed by atoms with Crippen molar-refractivity contribution in [3.8, 4) is 0 Å². The van der Waals surface area contributed by atoms with Gasteiger partial charge < -0.3 is 5.73 Å². The van der Waals surface area contributed by atoms with Crippen molar-refractivity contribution in [2.24, 2.45) is 0 Å². The van der Waals surface area contributed by atoms with E-state index in [0.717, 1.165) is 0 Å². The van der Waals surface area contributed by atoms with E-state index in [1.807, 2.05) is 0 Å². The Hall–Kier alpha value is -0.980. The molecule has 0 saturated heterocycles. The first-order valence-corrected chi connectivity index (χ1v) is 3.11. The SMILES string of the molecule is [2H]C([2H])([2H])C([2H])([2H])C([2H])([2H])C([2H])([2H])c1ccc(N)cc1. The van der Waals surface area contributed by atoms with Gasteiger partial charge in [-0.05, 0) is 30.4 Å². The van der Waals surface area contributed by atoms with Crippen LogP contribution in [-0.4, -0.2) is 0 Å². The van der Waals surface area contributed by atoms with Crippen LogP contribution >= 0.6 is 0 Å². The molecule has 0 aliphatic rings. The Kier molecular flexibility index (Phi) is 0.823. The lowest BCUT2D eigenvalue weighted by Gasteiger charge is -1.99. The highest BCUT2D eigenvalue weighted by molar-refractivity contribution is 5.39. The molecule has 11 heavy (non-hydrogen) atoms. The van der Waals surface area contributed by atoms with Crippen LogP contribution in [0.4, 0.5) is 5.69 Å². The summed E-state index contributed by atoms with van der Waals surface area (Å²) >= 11 is 0. The zero-order valence-corrected chi connectivity index (χ0v) is 5.89. The van der Waals surface area contributed by atoms with Gasteiger partial charge in [0.2, 0.25) is 0 Å². The average Bonchev–Trinajstić information content (AvgIpc) is 2.27. The lowest BCUT2D eigenvalue weighted by atomic mass is 10.1. The third-order valence-corrected chi connectivity index (χ3v) is 1.18. The van der Waals surface area contributed by atoms with E-state index in [4.69, 9.17) is 18.1 Å². The second kappa shape index (κ2) is 4.02. The lowest BCUT2D eigenvalue weighted by molar-refractivity contribution is 0.795. The number of hydrogen-bond donors (Lipinski definition) is 1. The molecule has 1 heteroatoms. The van der Waals surface area contributed by atoms with Gasteiger partial charge in [0.25, 0.3) is 0 Å². The number of benzene rings is 1. The van der Waals surface area contributed by atoms with Crippen molar-refractivity contribution in [1.29, 1.82) is 0 Å². The molecule has 0 aliphatic heterocycles. The first-order chi connectivity index (χ1) is 8.75. The quantitative estimate of drug-likeness (QED) is 0.672. The summed E-state index contributed by atoms with van der Waals surface area (Å²) < 4.78 is 67.4. The van der Waals surface area contributed by atoms with Gasteiger partial charge in [0.1, 0.15) is 0 Å². The molecule has 0 saturated carbocycles. The van der Waals surface area contributed by atoms with Gasteiger partial charge in [-0.1, -0.05) is 25.4 Å². The summed E-state index contributed by atoms with van der Waals surface area (Å²) in [5.41, 5.74) is 5.61. The van der Waals surface area contributed by atoms with Crippen LogP contribution in [0.5, 0.6) is 0 Å². The van der Waals surface area contributed by atoms with Gasteiger partial charge in [-0.3, -0.25) is 0 Å². The number of aryl methyl sites for hydroxylation is 1. The first kappa shape index (κ1) is 2.25. The van der Waals surface area contributed by atoms with E-state index in [2.05, 4.69) is 0 Å². The maximum Gasteiger partial charge on any atom is 0.0316 e. The standard InChI is InChI=1S/C10H15N/c1-2-3-4-9-5-7-10(11)8-6-9/h5-8H,2-4,11H2,1H3/i1D3,2D2,3D2,4D2. The van der Waals surface area contributed by atoms with Gasteiger partial charge in [-0.25, -0.2) is 0 Å². The maximum absolute atomic E-state index is 7.84. The minimum absolute atomic E-state index is 0.176. The van der Waals surface area contributed by atoms with Gasteiger partial charge in [0, 0.05) is 18.0 Å². The summed E-state index contributed by atoms with van der Waals surface area (Å²) in [6.45, 7) is -3.29. The van der Waals surface area contributed by atoms with Crippen LogP contribution in [0.15, 0.2) is 24.3 Å². The molecule has 0 aromatic heterocycles. The molecule has 0 bridgehead atoms. The van der Waals surface area contributed by atoms with Crippen LogP contribution in [0.1, 0.15) is 37.5 Å². The van der Waals surface area contributed by atoms with Gasteiger partial charge in [0.15, 0.2) is 0 Å². The highest BCUT2D eigenvalue weighted by Crippen LogP contribution is 2.08. The van der Waals surface area contributed by atoms with E-state index in [1.54, 1.807) is 0 Å². The van der Waals surface area contributed by atoms with Crippen molar-refractivity contribution in [3.05, 3.63) is 29.8 Å². The Balaban J connectivity index is 3.35. The average molecular weight is 158 g/mol. The van der Waals surface area contributed by atoms with Crippen molar-refractivity contribution < 1.29 is 12.3 Å². The highest BCUT2D eigenvalue weighted by atomic mass is 14.5. The van der Waals surface area contributed by atoms with E-state index < -0.39 is 26.0 Å². The molecule has 0 atom stereocenters. The number of anilines is 1. The van der Waals surface area contributed by atoms with Crippen LogP contribution in [0.25, 0.3) is 0 Å². The summed E-state index contributed by atoms with van der Waals surface area (Å²) in [5.74, 6) is 0. The molecule has 0 unspecified atom stereocenters. The summed E-state index contributed by atoms with van der Waals surface area (Å²) in [6, 6.07) is 5.10. The van der Waals surface area contributed by atoms with Crippen molar-refractivity contribution >= 4 is 5.69 Å². The van der Waals surface area contributed by atoms with E-state index in [0.29, 0.717) is 5.69 Å². The number of nitrogens with two attached hydrogens (primary N) is 1. The van der Waals surface area contributed by atoms with Crippen LogP contribution < -0.4 is 5.73 Å². The fourth-order valence-corrected chi connectivity index (χ4v) is 0.670. The molecular weight excluding hydrogens is 134 g/mol. The maximum atomic E-state index is 7.84. The van der Waals surface area contributed by atoms with Crippen molar-refractivity contribution in [3.63, 3.8) is 0 Å². The Labute approximate surface area is 80.9 Å². The van der Waals surface area contributed by atoms with Gasteiger partial charge >= 0.3 is 0 Å². The Bertz CT molecular complexity index is 474. The number of hydrogen-bond acceptors (Lipinski definition) is 1. The lowest BCUT2D eigenvalue weighted by Crippen LogP contribution is -1.87. The molecule has 1 aromatic carbocycles. The third-order valence-electron chi connectivity index (χ3n) is 1.18. The van der Waals surface area contributed by atoms with E-state index in [-0.39, 0.29) is 5.56 Å². The largest absolute Gasteiger partial charge is 0.399 e. The molecule has 0 radical (unpaired) electrons. The molecule has 1 nitrogen and oxygen atoms in total. The van der Waals surface area contributed by atoms with Gasteiger partial charge in [0.05, 0.1) is 0 Å². The van der Waals surface area contributed by atoms with Crippen LogP contribution in [0.3, 0.4) is 0 Å². The van der Waals surface area contributed by atoms with Crippen molar-refractivity contribution in [1.82, 2.24) is 0 Å². The summed E-state index contributed by atoms with van der Waals surface area (Å²) in [6.07, 6.45) is -9.45. The molecule has 0 aliphatic carbocycles. The van der Waals surface area contributed by atoms with Crippen molar-refractivity contribution in [2.75, 3.05) is 5.73 Å². The molecule has 60 valence electrons. The zero-order chi connectivity index (χ0) is 16.0. The van der Waals surface area contributed by atoms with E-state index >= 15 is 0 Å². The predicted molar refractivity (Wildman–Crippen MR) is 49.5 cm³/mol. The monoisotopic (exact) mass is 158 g/mol. The summed E-state index contributed by atoms with van der Waals surface area (Å²) in [5, 5.41) is 0. The van der Waals surface area contributed by atoms with Crippen LogP contribution in [-0.2, 0) is 6.37 Å². The zero-order valence-electron chi connectivity index (χ0n) is 14.9. The Morgan fingerprint density at radius 1 is 1.45 bits per heavy atom. The Morgan fingerprint density at radius 3 is 2.82 bits per heavy atom. The molecule has 0 amide bonds. The molecule has 1 rings (SSSR count). The second-order valence-corrected chi connectivity index (χ2v) is 2.00. The summed E-state index contributed by atoms with van der Waals surface area (Å²) in [7, 11) is 0. The van der Waals surface area contributed by atoms with E-state index in [1.165, 1.54) is 24.3 Å². The second-order valence-electron chi connectivity index (χ2n) is 2.00. The Morgan fingerprint density at radius 2 is 2.18 bits per heavy atom. The normalized spacial score (nSPS) is 27.1. The fraction of sp³-hybridized carbons (Fsp3) is 0.400. The molecule has 1 aromatic rings. The highest BCUT2D eigenvalue weighted by Gasteiger charge is 1.90. The first-order valence-electron chi connectivity index (χ1n) is 7.61. The van der Waals surface area contributed by atoms with Gasteiger partial charge in [-0.15, -0.1) is 0 Å². The molecule has 2 N–H and O–H groups in total. The van der Waals surface area contributed by atoms with Crippen LogP contribution in [0.2, 0.25) is 0 Å². The minimum Gasteiger partial charge on any atom is -0.399 e. The molecule has 0 spiro atoms. The van der Waals surface area contributed by atoms with E-state index in [9.17, 15) is 0 Å². The smallest absolute Gasteiger partial charge is 0.0316 e. The molecule has 0 fully saturated rings. The number of rotatable bonds is 3. The molecule has 0 heterocycles. The van der Waals surface area contributed by atoms with Crippen molar-refractivity contribution in [2.45, 2.75) is 26.0 Å².